The molecular weight excluding hydrogens is 400 g/mol. The topological polar surface area (TPSA) is 62.6 Å². The fourth-order valence-corrected chi connectivity index (χ4v) is 3.49. The fraction of sp³-hybridized carbons (Fsp3) is 0.333. The van der Waals surface area contributed by atoms with E-state index in [0.29, 0.717) is 22.5 Å². The number of halogens is 1. The van der Waals surface area contributed by atoms with Crippen LogP contribution in [0.2, 0.25) is 5.02 Å². The molecule has 0 aliphatic heterocycles. The number of fused-ring (bicyclic) bond motifs is 1. The Morgan fingerprint density at radius 3 is 2.37 bits per heavy atom. The number of likely N-dealkylation sites (N-methyl/N-ethyl adjacent to an activating group) is 1. The maximum Gasteiger partial charge on any atom is 0.287 e. The lowest BCUT2D eigenvalue weighted by Gasteiger charge is -2.26. The number of hydrogen-bond acceptors (Lipinski definition) is 4. The zero-order chi connectivity index (χ0) is 22.1. The van der Waals surface area contributed by atoms with E-state index >= 15 is 0 Å². The molecule has 0 saturated heterocycles. The molecule has 0 fully saturated rings. The van der Waals surface area contributed by atoms with Crippen LogP contribution in [0.3, 0.4) is 0 Å². The number of rotatable bonds is 5. The van der Waals surface area contributed by atoms with E-state index in [1.807, 2.05) is 19.0 Å². The minimum Gasteiger partial charge on any atom is -0.451 e. The molecule has 5 nitrogen and oxygen atoms in total. The molecule has 6 heteroatoms. The Morgan fingerprint density at radius 1 is 1.10 bits per heavy atom. The quantitative estimate of drug-likeness (QED) is 0.637. The lowest BCUT2D eigenvalue weighted by atomic mass is 9.86. The van der Waals surface area contributed by atoms with Crippen LogP contribution in [-0.2, 0) is 5.41 Å². The van der Waals surface area contributed by atoms with Gasteiger partial charge < -0.3 is 14.6 Å². The van der Waals surface area contributed by atoms with Crippen LogP contribution < -0.4 is 10.7 Å². The molecule has 3 aromatic rings. The molecule has 30 heavy (non-hydrogen) atoms. The van der Waals surface area contributed by atoms with Crippen molar-refractivity contribution >= 4 is 28.5 Å². The van der Waals surface area contributed by atoms with Gasteiger partial charge in [-0.2, -0.15) is 0 Å². The molecular formula is C24H27ClN2O3. The molecule has 0 saturated carbocycles. The second-order valence-electron chi connectivity index (χ2n) is 8.68. The van der Waals surface area contributed by atoms with Crippen LogP contribution in [0, 0.1) is 0 Å². The Hall–Kier alpha value is -2.63. The van der Waals surface area contributed by atoms with Gasteiger partial charge in [-0.1, -0.05) is 56.6 Å². The van der Waals surface area contributed by atoms with E-state index in [9.17, 15) is 9.59 Å². The number of carbonyl (C=O) groups excluding carboxylic acids is 1. The summed E-state index contributed by atoms with van der Waals surface area (Å²) in [4.78, 5) is 27.0. The van der Waals surface area contributed by atoms with Crippen molar-refractivity contribution in [1.82, 2.24) is 10.2 Å². The van der Waals surface area contributed by atoms with Gasteiger partial charge in [0.05, 0.1) is 11.4 Å². The van der Waals surface area contributed by atoms with Crippen molar-refractivity contribution in [3.05, 3.63) is 80.7 Å². The lowest BCUT2D eigenvalue weighted by molar-refractivity contribution is 0.0914. The summed E-state index contributed by atoms with van der Waals surface area (Å²) in [6.45, 7) is 6.91. The van der Waals surface area contributed by atoms with Crippen LogP contribution in [-0.4, -0.2) is 31.4 Å². The molecule has 0 aliphatic rings. The van der Waals surface area contributed by atoms with Crippen LogP contribution >= 0.6 is 11.6 Å². The second-order valence-corrected chi connectivity index (χ2v) is 9.11. The third-order valence-electron chi connectivity index (χ3n) is 5.15. The SMILES string of the molecule is CN(C)[C@H](CNC(=O)c1cc(=O)c2cc(Cl)ccc2o1)c1ccc(C(C)(C)C)cc1. The molecule has 0 spiro atoms. The average Bonchev–Trinajstić information content (AvgIpc) is 2.68. The lowest BCUT2D eigenvalue weighted by Crippen LogP contribution is -2.34. The van der Waals surface area contributed by atoms with Gasteiger partial charge in [0.25, 0.3) is 5.91 Å². The molecule has 158 valence electrons. The first-order valence-corrected chi connectivity index (χ1v) is 10.2. The normalized spacial score (nSPS) is 12.9. The van der Waals surface area contributed by atoms with Crippen molar-refractivity contribution in [1.29, 1.82) is 0 Å². The second kappa shape index (κ2) is 8.62. The Kier molecular flexibility index (Phi) is 6.34. The highest BCUT2D eigenvalue weighted by atomic mass is 35.5. The minimum absolute atomic E-state index is 0.0181. The van der Waals surface area contributed by atoms with Gasteiger partial charge in [-0.15, -0.1) is 0 Å². The van der Waals surface area contributed by atoms with E-state index in [0.717, 1.165) is 5.56 Å². The molecule has 1 atom stereocenters. The summed E-state index contributed by atoms with van der Waals surface area (Å²) in [6.07, 6.45) is 0. The van der Waals surface area contributed by atoms with E-state index in [4.69, 9.17) is 16.0 Å². The maximum absolute atomic E-state index is 12.7. The standard InChI is InChI=1S/C24H27ClN2O3/c1-24(2,3)16-8-6-15(7-9-16)19(27(4)5)14-26-23(29)22-13-20(28)18-12-17(25)10-11-21(18)30-22/h6-13,19H,14H2,1-5H3,(H,26,29)/t19-/m1/s1. The maximum atomic E-state index is 12.7. The summed E-state index contributed by atoms with van der Waals surface area (Å²) in [5.41, 5.74) is 2.47. The van der Waals surface area contributed by atoms with Gasteiger partial charge in [0.15, 0.2) is 11.2 Å². The van der Waals surface area contributed by atoms with Crippen LogP contribution in [0.4, 0.5) is 0 Å². The summed E-state index contributed by atoms with van der Waals surface area (Å²) >= 11 is 5.94. The average molecular weight is 427 g/mol. The van der Waals surface area contributed by atoms with Gasteiger partial charge in [-0.3, -0.25) is 9.59 Å². The third-order valence-corrected chi connectivity index (χ3v) is 5.39. The molecule has 2 aromatic carbocycles. The van der Waals surface area contributed by atoms with Crippen LogP contribution in [0.25, 0.3) is 11.0 Å². The predicted octanol–water partition coefficient (Wildman–Crippen LogP) is 4.78. The molecule has 0 aliphatic carbocycles. The summed E-state index contributed by atoms with van der Waals surface area (Å²) < 4.78 is 5.63. The fourth-order valence-electron chi connectivity index (χ4n) is 3.32. The van der Waals surface area contributed by atoms with Crippen LogP contribution in [0.15, 0.2) is 57.7 Å². The smallest absolute Gasteiger partial charge is 0.287 e. The number of hydrogen-bond donors (Lipinski definition) is 1. The molecule has 3 rings (SSSR count). The molecule has 1 aromatic heterocycles. The molecule has 0 bridgehead atoms. The largest absolute Gasteiger partial charge is 0.451 e. The van der Waals surface area contributed by atoms with Crippen molar-refractivity contribution in [3.63, 3.8) is 0 Å². The highest BCUT2D eigenvalue weighted by Crippen LogP contribution is 2.25. The van der Waals surface area contributed by atoms with Crippen molar-refractivity contribution in [2.24, 2.45) is 0 Å². The Bertz CT molecular complexity index is 1110. The first-order chi connectivity index (χ1) is 14.1. The van der Waals surface area contributed by atoms with Gasteiger partial charge in [-0.05, 0) is 48.8 Å². The van der Waals surface area contributed by atoms with E-state index in [1.165, 1.54) is 17.7 Å². The summed E-state index contributed by atoms with van der Waals surface area (Å²) in [6, 6.07) is 14.4. The molecule has 1 N–H and O–H groups in total. The van der Waals surface area contributed by atoms with Gasteiger partial charge in [-0.25, -0.2) is 0 Å². The Labute approximate surface area is 181 Å². The molecule has 0 radical (unpaired) electrons. The zero-order valence-electron chi connectivity index (χ0n) is 18.0. The van der Waals surface area contributed by atoms with Crippen molar-refractivity contribution in [2.75, 3.05) is 20.6 Å². The van der Waals surface area contributed by atoms with E-state index in [2.05, 4.69) is 50.4 Å². The molecule has 1 amide bonds. The van der Waals surface area contributed by atoms with Crippen molar-refractivity contribution in [3.8, 4) is 0 Å². The van der Waals surface area contributed by atoms with Crippen LogP contribution in [0.1, 0.15) is 48.5 Å². The Balaban J connectivity index is 1.78. The number of nitrogens with zero attached hydrogens (tertiary/aromatic N) is 1. The van der Waals surface area contributed by atoms with Gasteiger partial charge in [0, 0.05) is 17.6 Å². The minimum atomic E-state index is -0.429. The number of benzene rings is 2. The van der Waals surface area contributed by atoms with Gasteiger partial charge in [0.1, 0.15) is 5.58 Å². The van der Waals surface area contributed by atoms with E-state index in [1.54, 1.807) is 12.1 Å². The van der Waals surface area contributed by atoms with E-state index in [-0.39, 0.29) is 22.6 Å². The number of amides is 1. The van der Waals surface area contributed by atoms with Gasteiger partial charge in [0.2, 0.25) is 0 Å². The monoisotopic (exact) mass is 426 g/mol. The summed E-state index contributed by atoms with van der Waals surface area (Å²) in [5.74, 6) is -0.447. The highest BCUT2D eigenvalue weighted by Gasteiger charge is 2.19. The molecule has 0 unspecified atom stereocenters. The first kappa shape index (κ1) is 22.1. The van der Waals surface area contributed by atoms with Gasteiger partial charge >= 0.3 is 0 Å². The van der Waals surface area contributed by atoms with Crippen molar-refractivity contribution in [2.45, 2.75) is 32.2 Å². The number of nitrogens with one attached hydrogen (secondary N) is 1. The third kappa shape index (κ3) is 4.91. The summed E-state index contributed by atoms with van der Waals surface area (Å²) in [5, 5.41) is 3.68. The molecule has 1 heterocycles. The predicted molar refractivity (Wildman–Crippen MR) is 121 cm³/mol. The Morgan fingerprint density at radius 2 is 1.77 bits per heavy atom. The number of carbonyl (C=O) groups is 1. The highest BCUT2D eigenvalue weighted by molar-refractivity contribution is 6.31. The van der Waals surface area contributed by atoms with E-state index < -0.39 is 5.91 Å². The van der Waals surface area contributed by atoms with Crippen LogP contribution in [0.5, 0.6) is 0 Å². The zero-order valence-corrected chi connectivity index (χ0v) is 18.7. The van der Waals surface area contributed by atoms with Crippen molar-refractivity contribution < 1.29 is 9.21 Å². The first-order valence-electron chi connectivity index (χ1n) is 9.85. The summed E-state index contributed by atoms with van der Waals surface area (Å²) in [7, 11) is 3.93.